The normalized spacial score (nSPS) is 22.2. The Kier molecular flexibility index (Phi) is 3.91. The van der Waals surface area contributed by atoms with Crippen LogP contribution >= 0.6 is 0 Å². The molecule has 2 N–H and O–H groups in total. The molecule has 2 rings (SSSR count). The van der Waals surface area contributed by atoms with Gasteiger partial charge in [-0.25, -0.2) is 17.9 Å². The zero-order chi connectivity index (χ0) is 14.0. The first-order valence-corrected chi connectivity index (χ1v) is 7.88. The van der Waals surface area contributed by atoms with E-state index in [9.17, 15) is 13.2 Å². The van der Waals surface area contributed by atoms with Crippen LogP contribution in [0.1, 0.15) is 35.7 Å². The molecule has 2 atom stereocenters. The van der Waals surface area contributed by atoms with E-state index in [0.29, 0.717) is 11.5 Å². The van der Waals surface area contributed by atoms with Crippen molar-refractivity contribution in [2.24, 2.45) is 5.92 Å². The zero-order valence-corrected chi connectivity index (χ0v) is 11.5. The molecule has 1 aromatic rings. The molecule has 1 aromatic carbocycles. The molecule has 0 spiro atoms. The summed E-state index contributed by atoms with van der Waals surface area (Å²) in [5.74, 6) is -0.790. The van der Waals surface area contributed by atoms with Gasteiger partial charge in [-0.2, -0.15) is 0 Å². The number of carboxylic acids is 1. The Hall–Kier alpha value is -1.40. The fourth-order valence-electron chi connectivity index (χ4n) is 2.13. The van der Waals surface area contributed by atoms with E-state index in [0.717, 1.165) is 12.8 Å². The summed E-state index contributed by atoms with van der Waals surface area (Å²) in [5, 5.41) is 8.86. The summed E-state index contributed by atoms with van der Waals surface area (Å²) in [6.45, 7) is 2.04. The molecule has 1 aliphatic carbocycles. The number of aromatic carboxylic acids is 1. The molecule has 0 radical (unpaired) electrons. The van der Waals surface area contributed by atoms with Crippen molar-refractivity contribution in [3.63, 3.8) is 0 Å². The molecule has 104 valence electrons. The third-order valence-electron chi connectivity index (χ3n) is 3.31. The van der Waals surface area contributed by atoms with Crippen molar-refractivity contribution in [1.29, 1.82) is 0 Å². The molecule has 0 heterocycles. The molecule has 2 unspecified atom stereocenters. The highest BCUT2D eigenvalue weighted by atomic mass is 32.2. The van der Waals surface area contributed by atoms with Crippen LogP contribution in [0.15, 0.2) is 24.3 Å². The summed E-state index contributed by atoms with van der Waals surface area (Å²) in [4.78, 5) is 10.8. The summed E-state index contributed by atoms with van der Waals surface area (Å²) in [6.07, 6.45) is 1.87. The maximum Gasteiger partial charge on any atom is 0.335 e. The summed E-state index contributed by atoms with van der Waals surface area (Å²) in [7, 11) is -3.40. The van der Waals surface area contributed by atoms with Crippen molar-refractivity contribution < 1.29 is 18.3 Å². The van der Waals surface area contributed by atoms with Crippen LogP contribution in [0.2, 0.25) is 0 Å². The molecule has 6 heteroatoms. The second kappa shape index (κ2) is 5.30. The van der Waals surface area contributed by atoms with Gasteiger partial charge < -0.3 is 5.11 Å². The Labute approximate surface area is 112 Å². The van der Waals surface area contributed by atoms with Crippen LogP contribution in [0.3, 0.4) is 0 Å². The molecule has 1 saturated carbocycles. The van der Waals surface area contributed by atoms with Crippen molar-refractivity contribution in [2.75, 3.05) is 0 Å². The lowest BCUT2D eigenvalue weighted by Gasteiger charge is -2.07. The fraction of sp³-hybridized carbons (Fsp3) is 0.462. The molecule has 19 heavy (non-hydrogen) atoms. The molecule has 0 aliphatic heterocycles. The average Bonchev–Trinajstić information content (AvgIpc) is 3.06. The van der Waals surface area contributed by atoms with E-state index in [2.05, 4.69) is 4.72 Å². The van der Waals surface area contributed by atoms with Crippen LogP contribution in [-0.4, -0.2) is 25.5 Å². The van der Waals surface area contributed by atoms with Crippen molar-refractivity contribution in [3.8, 4) is 0 Å². The molecule has 1 fully saturated rings. The van der Waals surface area contributed by atoms with E-state index < -0.39 is 16.0 Å². The molecular weight excluding hydrogens is 266 g/mol. The number of carbonyl (C=O) groups is 1. The third kappa shape index (κ3) is 3.78. The van der Waals surface area contributed by atoms with Gasteiger partial charge in [0.05, 0.1) is 11.3 Å². The van der Waals surface area contributed by atoms with E-state index in [4.69, 9.17) is 5.11 Å². The SMILES string of the molecule is CCC1CC1NS(=O)(=O)Cc1cccc(C(=O)O)c1. The average molecular weight is 283 g/mol. The standard InChI is InChI=1S/C13H17NO4S/c1-2-10-7-12(10)14-19(17,18)8-9-4-3-5-11(6-9)13(15)16/h3-6,10,12,14H,2,7-8H2,1H3,(H,15,16). The number of carboxylic acid groups (broad SMARTS) is 1. The Morgan fingerprint density at radius 3 is 2.79 bits per heavy atom. The van der Waals surface area contributed by atoms with Gasteiger partial charge >= 0.3 is 5.97 Å². The topological polar surface area (TPSA) is 83.5 Å². The minimum absolute atomic E-state index is 0.0534. The predicted molar refractivity (Wildman–Crippen MR) is 71.3 cm³/mol. The van der Waals surface area contributed by atoms with Crippen LogP contribution < -0.4 is 4.72 Å². The Morgan fingerprint density at radius 1 is 1.47 bits per heavy atom. The first-order chi connectivity index (χ1) is 8.91. The van der Waals surface area contributed by atoms with Gasteiger partial charge in [-0.1, -0.05) is 25.5 Å². The van der Waals surface area contributed by atoms with E-state index in [-0.39, 0.29) is 17.4 Å². The van der Waals surface area contributed by atoms with Crippen molar-refractivity contribution in [1.82, 2.24) is 4.72 Å². The van der Waals surface area contributed by atoms with Gasteiger partial charge in [-0.15, -0.1) is 0 Å². The van der Waals surface area contributed by atoms with E-state index in [1.165, 1.54) is 12.1 Å². The van der Waals surface area contributed by atoms with Crippen molar-refractivity contribution in [3.05, 3.63) is 35.4 Å². The van der Waals surface area contributed by atoms with Gasteiger partial charge in [0.1, 0.15) is 0 Å². The molecule has 0 aromatic heterocycles. The summed E-state index contributed by atoms with van der Waals surface area (Å²) in [6, 6.07) is 6.07. The maximum absolute atomic E-state index is 11.9. The fourth-order valence-corrected chi connectivity index (χ4v) is 3.58. The highest BCUT2D eigenvalue weighted by molar-refractivity contribution is 7.88. The number of rotatable bonds is 6. The Balaban J connectivity index is 2.03. The van der Waals surface area contributed by atoms with Crippen LogP contribution in [0, 0.1) is 5.92 Å². The van der Waals surface area contributed by atoms with E-state index in [1.807, 2.05) is 6.92 Å². The first-order valence-electron chi connectivity index (χ1n) is 6.23. The van der Waals surface area contributed by atoms with Gasteiger partial charge in [0.2, 0.25) is 10.0 Å². The van der Waals surface area contributed by atoms with Crippen LogP contribution in [0.25, 0.3) is 0 Å². The predicted octanol–water partition coefficient (Wildman–Crippen LogP) is 1.60. The smallest absolute Gasteiger partial charge is 0.335 e. The van der Waals surface area contributed by atoms with Gasteiger partial charge in [0, 0.05) is 6.04 Å². The largest absolute Gasteiger partial charge is 0.478 e. The van der Waals surface area contributed by atoms with Gasteiger partial charge in [0.15, 0.2) is 0 Å². The number of hydrogen-bond donors (Lipinski definition) is 2. The van der Waals surface area contributed by atoms with Crippen LogP contribution in [-0.2, 0) is 15.8 Å². The molecule has 0 amide bonds. The summed E-state index contributed by atoms with van der Waals surface area (Å²) in [5.41, 5.74) is 0.589. The van der Waals surface area contributed by atoms with Gasteiger partial charge in [-0.05, 0) is 30.0 Å². The highest BCUT2D eigenvalue weighted by Crippen LogP contribution is 2.33. The summed E-state index contributed by atoms with van der Waals surface area (Å²) < 4.78 is 26.5. The maximum atomic E-state index is 11.9. The lowest BCUT2D eigenvalue weighted by molar-refractivity contribution is 0.0696. The quantitative estimate of drug-likeness (QED) is 0.830. The first kappa shape index (κ1) is 14.0. The number of nitrogens with one attached hydrogen (secondary N) is 1. The van der Waals surface area contributed by atoms with Crippen LogP contribution in [0.4, 0.5) is 0 Å². The minimum Gasteiger partial charge on any atom is -0.478 e. The monoisotopic (exact) mass is 283 g/mol. The molecule has 0 saturated heterocycles. The Bertz CT molecular complexity index is 582. The minimum atomic E-state index is -3.40. The van der Waals surface area contributed by atoms with Crippen LogP contribution in [0.5, 0.6) is 0 Å². The van der Waals surface area contributed by atoms with Gasteiger partial charge in [-0.3, -0.25) is 0 Å². The molecule has 5 nitrogen and oxygen atoms in total. The molecule has 0 bridgehead atoms. The lowest BCUT2D eigenvalue weighted by atomic mass is 10.1. The number of hydrogen-bond acceptors (Lipinski definition) is 3. The Morgan fingerprint density at radius 2 is 2.21 bits per heavy atom. The van der Waals surface area contributed by atoms with Gasteiger partial charge in [0.25, 0.3) is 0 Å². The lowest BCUT2D eigenvalue weighted by Crippen LogP contribution is -2.28. The number of benzene rings is 1. The third-order valence-corrected chi connectivity index (χ3v) is 4.68. The second-order valence-electron chi connectivity index (χ2n) is 4.89. The van der Waals surface area contributed by atoms with E-state index >= 15 is 0 Å². The van der Waals surface area contributed by atoms with Crippen molar-refractivity contribution >= 4 is 16.0 Å². The number of sulfonamides is 1. The summed E-state index contributed by atoms with van der Waals surface area (Å²) >= 11 is 0. The second-order valence-corrected chi connectivity index (χ2v) is 6.65. The van der Waals surface area contributed by atoms with Crippen molar-refractivity contribution in [2.45, 2.75) is 31.6 Å². The zero-order valence-electron chi connectivity index (χ0n) is 10.7. The molecule has 1 aliphatic rings. The molecular formula is C13H17NO4S. The highest BCUT2D eigenvalue weighted by Gasteiger charge is 2.38. The van der Waals surface area contributed by atoms with E-state index in [1.54, 1.807) is 12.1 Å².